The fraction of sp³-hybridized carbons (Fsp3) is 0.0769. The van der Waals surface area contributed by atoms with Crippen LogP contribution in [0.5, 0.6) is 0 Å². The first kappa shape index (κ1) is 12.6. The number of benzene rings is 1. The molecule has 0 aliphatic carbocycles. The standard InChI is InChI=1S/C13H10Br2N4/c1-7-2-3-9(15)11(4-7)19-12-10(18-13(19)16)5-8(14)6-17-12/h2-6H,1H3,(H2,16,18). The van der Waals surface area contributed by atoms with E-state index in [1.54, 1.807) is 6.20 Å². The number of imidazole rings is 1. The summed E-state index contributed by atoms with van der Waals surface area (Å²) in [6.45, 7) is 2.04. The van der Waals surface area contributed by atoms with E-state index in [4.69, 9.17) is 5.73 Å². The molecule has 0 aliphatic heterocycles. The lowest BCUT2D eigenvalue weighted by Crippen LogP contribution is -2.02. The Labute approximate surface area is 126 Å². The van der Waals surface area contributed by atoms with Gasteiger partial charge in [-0.3, -0.25) is 4.57 Å². The number of nitrogen functional groups attached to an aromatic ring is 1. The highest BCUT2D eigenvalue weighted by atomic mass is 79.9. The van der Waals surface area contributed by atoms with Gasteiger partial charge in [0.2, 0.25) is 5.95 Å². The van der Waals surface area contributed by atoms with E-state index in [-0.39, 0.29) is 0 Å². The number of rotatable bonds is 1. The summed E-state index contributed by atoms with van der Waals surface area (Å²) in [5, 5.41) is 0. The Bertz CT molecular complexity index is 780. The van der Waals surface area contributed by atoms with E-state index in [9.17, 15) is 0 Å². The van der Waals surface area contributed by atoms with Crippen molar-refractivity contribution < 1.29 is 0 Å². The molecule has 0 bridgehead atoms. The third-order valence-corrected chi connectivity index (χ3v) is 3.94. The summed E-state index contributed by atoms with van der Waals surface area (Å²) in [5.74, 6) is 0.423. The Hall–Kier alpha value is -1.40. The van der Waals surface area contributed by atoms with E-state index >= 15 is 0 Å². The van der Waals surface area contributed by atoms with Gasteiger partial charge in [-0.05, 0) is 62.5 Å². The second-order valence-corrected chi connectivity index (χ2v) is 6.03. The van der Waals surface area contributed by atoms with Crippen molar-refractivity contribution in [3.63, 3.8) is 0 Å². The van der Waals surface area contributed by atoms with Crippen LogP contribution in [0.3, 0.4) is 0 Å². The fourth-order valence-electron chi connectivity index (χ4n) is 1.99. The predicted octanol–water partition coefficient (Wildman–Crippen LogP) is 3.84. The first-order chi connectivity index (χ1) is 9.06. The third-order valence-electron chi connectivity index (χ3n) is 2.83. The van der Waals surface area contributed by atoms with Gasteiger partial charge in [-0.15, -0.1) is 0 Å². The van der Waals surface area contributed by atoms with Crippen molar-refractivity contribution in [2.75, 3.05) is 5.73 Å². The number of hydrogen-bond donors (Lipinski definition) is 1. The van der Waals surface area contributed by atoms with Crippen LogP contribution in [0.4, 0.5) is 5.95 Å². The van der Waals surface area contributed by atoms with Crippen molar-refractivity contribution in [3.8, 4) is 5.69 Å². The topological polar surface area (TPSA) is 56.7 Å². The molecule has 0 spiro atoms. The van der Waals surface area contributed by atoms with E-state index < -0.39 is 0 Å². The van der Waals surface area contributed by atoms with Crippen molar-refractivity contribution in [2.45, 2.75) is 6.92 Å². The molecule has 1 aromatic carbocycles. The molecule has 0 unspecified atom stereocenters. The smallest absolute Gasteiger partial charge is 0.207 e. The number of anilines is 1. The Morgan fingerprint density at radius 1 is 1.21 bits per heavy atom. The van der Waals surface area contributed by atoms with Gasteiger partial charge in [0.1, 0.15) is 5.52 Å². The molecule has 6 heteroatoms. The first-order valence-corrected chi connectivity index (χ1v) is 7.21. The zero-order valence-corrected chi connectivity index (χ0v) is 13.2. The molecule has 0 fully saturated rings. The highest BCUT2D eigenvalue weighted by molar-refractivity contribution is 9.10. The van der Waals surface area contributed by atoms with Gasteiger partial charge < -0.3 is 5.73 Å². The molecule has 2 N–H and O–H groups in total. The van der Waals surface area contributed by atoms with Crippen LogP contribution in [-0.2, 0) is 0 Å². The van der Waals surface area contributed by atoms with Gasteiger partial charge >= 0.3 is 0 Å². The lowest BCUT2D eigenvalue weighted by atomic mass is 10.2. The SMILES string of the molecule is Cc1ccc(Br)c(-n2c(N)nc3cc(Br)cnc32)c1. The third kappa shape index (κ3) is 2.15. The highest BCUT2D eigenvalue weighted by Crippen LogP contribution is 2.29. The summed E-state index contributed by atoms with van der Waals surface area (Å²) in [7, 11) is 0. The number of pyridine rings is 1. The molecule has 4 nitrogen and oxygen atoms in total. The summed E-state index contributed by atoms with van der Waals surface area (Å²) >= 11 is 6.93. The Kier molecular flexibility index (Phi) is 3.06. The Balaban J connectivity index is 2.36. The average Bonchev–Trinajstić information content (AvgIpc) is 2.67. The maximum atomic E-state index is 6.03. The van der Waals surface area contributed by atoms with E-state index in [1.165, 1.54) is 0 Å². The van der Waals surface area contributed by atoms with Gasteiger partial charge in [-0.1, -0.05) is 6.07 Å². The number of halogens is 2. The van der Waals surface area contributed by atoms with Crippen molar-refractivity contribution in [3.05, 3.63) is 45.0 Å². The minimum Gasteiger partial charge on any atom is -0.369 e. The normalized spacial score (nSPS) is 11.1. The zero-order chi connectivity index (χ0) is 13.6. The van der Waals surface area contributed by atoms with Crippen LogP contribution in [0, 0.1) is 6.92 Å². The molecule has 0 saturated heterocycles. The van der Waals surface area contributed by atoms with E-state index in [0.717, 1.165) is 31.4 Å². The second-order valence-electron chi connectivity index (χ2n) is 4.26. The Morgan fingerprint density at radius 2 is 2.00 bits per heavy atom. The average molecular weight is 382 g/mol. The summed E-state index contributed by atoms with van der Waals surface area (Å²) in [6.07, 6.45) is 1.74. The minimum absolute atomic E-state index is 0.423. The predicted molar refractivity (Wildman–Crippen MR) is 83.4 cm³/mol. The van der Waals surface area contributed by atoms with Crippen LogP contribution in [0.15, 0.2) is 39.4 Å². The Morgan fingerprint density at radius 3 is 2.79 bits per heavy atom. The zero-order valence-electron chi connectivity index (χ0n) is 10.1. The lowest BCUT2D eigenvalue weighted by molar-refractivity contribution is 1.07. The maximum absolute atomic E-state index is 6.03. The number of aromatic nitrogens is 3. The molecule has 0 aliphatic rings. The van der Waals surface area contributed by atoms with Gasteiger partial charge in [-0.25, -0.2) is 9.97 Å². The van der Waals surface area contributed by atoms with Crippen LogP contribution < -0.4 is 5.73 Å². The molecule has 96 valence electrons. The second kappa shape index (κ2) is 4.61. The van der Waals surface area contributed by atoms with Crippen molar-refractivity contribution in [1.82, 2.24) is 14.5 Å². The molecule has 0 atom stereocenters. The van der Waals surface area contributed by atoms with Crippen LogP contribution in [0.25, 0.3) is 16.9 Å². The fourth-order valence-corrected chi connectivity index (χ4v) is 2.73. The molecule has 3 aromatic rings. The number of nitrogens with zero attached hydrogens (tertiary/aromatic N) is 3. The molecular weight excluding hydrogens is 372 g/mol. The quantitative estimate of drug-likeness (QED) is 0.696. The van der Waals surface area contributed by atoms with E-state index in [2.05, 4.69) is 41.8 Å². The van der Waals surface area contributed by atoms with Gasteiger partial charge in [0, 0.05) is 15.1 Å². The summed E-state index contributed by atoms with van der Waals surface area (Å²) in [4.78, 5) is 8.75. The molecule has 0 amide bonds. The maximum Gasteiger partial charge on any atom is 0.207 e. The molecule has 2 heterocycles. The summed E-state index contributed by atoms with van der Waals surface area (Å²) < 4.78 is 3.68. The largest absolute Gasteiger partial charge is 0.369 e. The summed E-state index contributed by atoms with van der Waals surface area (Å²) in [6, 6.07) is 7.98. The summed E-state index contributed by atoms with van der Waals surface area (Å²) in [5.41, 5.74) is 9.63. The first-order valence-electron chi connectivity index (χ1n) is 5.62. The highest BCUT2D eigenvalue weighted by Gasteiger charge is 2.13. The number of aryl methyl sites for hydroxylation is 1. The van der Waals surface area contributed by atoms with Crippen LogP contribution in [-0.4, -0.2) is 14.5 Å². The minimum atomic E-state index is 0.423. The lowest BCUT2D eigenvalue weighted by Gasteiger charge is -2.09. The molecule has 19 heavy (non-hydrogen) atoms. The monoisotopic (exact) mass is 380 g/mol. The number of hydrogen-bond acceptors (Lipinski definition) is 3. The van der Waals surface area contributed by atoms with Crippen molar-refractivity contribution in [1.29, 1.82) is 0 Å². The molecule has 2 aromatic heterocycles. The van der Waals surface area contributed by atoms with Gasteiger partial charge in [-0.2, -0.15) is 0 Å². The number of nitrogens with two attached hydrogens (primary N) is 1. The van der Waals surface area contributed by atoms with Crippen molar-refractivity contribution >= 4 is 49.0 Å². The van der Waals surface area contributed by atoms with E-state index in [0.29, 0.717) is 5.95 Å². The van der Waals surface area contributed by atoms with Gasteiger partial charge in [0.15, 0.2) is 5.65 Å². The van der Waals surface area contributed by atoms with Crippen LogP contribution >= 0.6 is 31.9 Å². The van der Waals surface area contributed by atoms with Crippen molar-refractivity contribution in [2.24, 2.45) is 0 Å². The number of fused-ring (bicyclic) bond motifs is 1. The molecule has 3 rings (SSSR count). The molecular formula is C13H10Br2N4. The van der Waals surface area contributed by atoms with Gasteiger partial charge in [0.05, 0.1) is 5.69 Å². The van der Waals surface area contributed by atoms with E-state index in [1.807, 2.05) is 35.8 Å². The molecule has 0 saturated carbocycles. The molecule has 0 radical (unpaired) electrons. The van der Waals surface area contributed by atoms with Crippen LogP contribution in [0.2, 0.25) is 0 Å². The van der Waals surface area contributed by atoms with Crippen LogP contribution in [0.1, 0.15) is 5.56 Å². The van der Waals surface area contributed by atoms with Gasteiger partial charge in [0.25, 0.3) is 0 Å².